The molecule has 4 N–H and O–H groups in total. The van der Waals surface area contributed by atoms with Crippen LogP contribution in [0.5, 0.6) is 0 Å². The van der Waals surface area contributed by atoms with E-state index in [4.69, 9.17) is 10.8 Å². The molecule has 0 aromatic rings. The van der Waals surface area contributed by atoms with E-state index < -0.39 is 0 Å². The molecule has 0 amide bonds. The average molecular weight is 116 g/mol. The summed E-state index contributed by atoms with van der Waals surface area (Å²) in [6, 6.07) is 0.249. The third-order valence-corrected chi connectivity index (χ3v) is 1.43. The van der Waals surface area contributed by atoms with E-state index in [1.807, 2.05) is 0 Å². The predicted molar refractivity (Wildman–Crippen MR) is 31.2 cm³/mol. The summed E-state index contributed by atoms with van der Waals surface area (Å²) in [5.41, 5.74) is 5.52. The number of nitrogens with two attached hydrogens (primary N) is 1. The van der Waals surface area contributed by atoms with Crippen molar-refractivity contribution in [1.29, 1.82) is 0 Å². The van der Waals surface area contributed by atoms with E-state index in [1.54, 1.807) is 0 Å². The molecule has 0 aromatic carbocycles. The van der Waals surface area contributed by atoms with Crippen molar-refractivity contribution in [2.24, 2.45) is 5.73 Å². The van der Waals surface area contributed by atoms with Crippen LogP contribution in [-0.4, -0.2) is 23.9 Å². The molecule has 0 aromatic heterocycles. The van der Waals surface area contributed by atoms with Crippen molar-refractivity contribution in [2.75, 3.05) is 6.54 Å². The van der Waals surface area contributed by atoms with Crippen LogP contribution in [0.1, 0.15) is 12.8 Å². The van der Waals surface area contributed by atoms with E-state index in [9.17, 15) is 0 Å². The molecule has 2 atom stereocenters. The maximum absolute atomic E-state index is 8.86. The van der Waals surface area contributed by atoms with Gasteiger partial charge < -0.3 is 10.8 Å². The van der Waals surface area contributed by atoms with Gasteiger partial charge in [0.2, 0.25) is 0 Å². The highest BCUT2D eigenvalue weighted by atomic mass is 16.3. The molecule has 1 aliphatic rings. The number of aliphatic hydroxyl groups excluding tert-OH is 1. The topological polar surface area (TPSA) is 58.3 Å². The van der Waals surface area contributed by atoms with Crippen LogP contribution in [0.4, 0.5) is 0 Å². The molecule has 2 unspecified atom stereocenters. The van der Waals surface area contributed by atoms with Gasteiger partial charge in [-0.3, -0.25) is 5.32 Å². The summed E-state index contributed by atoms with van der Waals surface area (Å²) >= 11 is 0. The number of hydrogen-bond donors (Lipinski definition) is 3. The normalized spacial score (nSPS) is 39.8. The molecule has 0 spiro atoms. The lowest BCUT2D eigenvalue weighted by molar-refractivity contribution is 0.101. The fourth-order valence-corrected chi connectivity index (χ4v) is 0.863. The summed E-state index contributed by atoms with van der Waals surface area (Å²) < 4.78 is 0. The molecule has 0 radical (unpaired) electrons. The molecule has 0 aliphatic carbocycles. The maximum Gasteiger partial charge on any atom is 0.105 e. The highest BCUT2D eigenvalue weighted by Gasteiger charge is 2.13. The first-order chi connectivity index (χ1) is 3.79. The average Bonchev–Trinajstić information content (AvgIpc) is 1.77. The van der Waals surface area contributed by atoms with E-state index in [-0.39, 0.29) is 12.3 Å². The quantitative estimate of drug-likeness (QED) is 0.381. The first-order valence-corrected chi connectivity index (χ1v) is 2.96. The third kappa shape index (κ3) is 1.43. The molecule has 0 bridgehead atoms. The van der Waals surface area contributed by atoms with Crippen molar-refractivity contribution in [3.05, 3.63) is 0 Å². The standard InChI is InChI=1S/C5H12N2O/c6-4-1-2-5(8)7-3-4/h4-5,7-8H,1-3,6H2. The molecule has 8 heavy (non-hydrogen) atoms. The van der Waals surface area contributed by atoms with Crippen molar-refractivity contribution in [2.45, 2.75) is 25.1 Å². The summed E-state index contributed by atoms with van der Waals surface area (Å²) in [6.07, 6.45) is 1.42. The lowest BCUT2D eigenvalue weighted by Gasteiger charge is -2.23. The minimum atomic E-state index is -0.310. The van der Waals surface area contributed by atoms with Crippen LogP contribution in [0.15, 0.2) is 0 Å². The minimum absolute atomic E-state index is 0.249. The van der Waals surface area contributed by atoms with Crippen LogP contribution < -0.4 is 11.1 Å². The number of aliphatic hydroxyl groups is 1. The maximum atomic E-state index is 8.86. The van der Waals surface area contributed by atoms with Gasteiger partial charge in [0.25, 0.3) is 0 Å². The Morgan fingerprint density at radius 1 is 1.50 bits per heavy atom. The summed E-state index contributed by atoms with van der Waals surface area (Å²) in [6.45, 7) is 0.751. The van der Waals surface area contributed by atoms with Crippen LogP contribution in [-0.2, 0) is 0 Å². The van der Waals surface area contributed by atoms with Crippen molar-refractivity contribution in [3.8, 4) is 0 Å². The summed E-state index contributed by atoms with van der Waals surface area (Å²) in [5, 5.41) is 11.7. The molecule has 48 valence electrons. The van der Waals surface area contributed by atoms with Crippen LogP contribution in [0.2, 0.25) is 0 Å². The van der Waals surface area contributed by atoms with Crippen LogP contribution in [0.25, 0.3) is 0 Å². The van der Waals surface area contributed by atoms with Crippen molar-refractivity contribution in [3.63, 3.8) is 0 Å². The van der Waals surface area contributed by atoms with Crippen LogP contribution in [0, 0.1) is 0 Å². The molecular weight excluding hydrogens is 104 g/mol. The Morgan fingerprint density at radius 2 is 2.25 bits per heavy atom. The van der Waals surface area contributed by atoms with Gasteiger partial charge in [0, 0.05) is 12.6 Å². The summed E-state index contributed by atoms with van der Waals surface area (Å²) in [7, 11) is 0. The number of hydrogen-bond acceptors (Lipinski definition) is 3. The Bertz CT molecular complexity index is 58.8. The van der Waals surface area contributed by atoms with Crippen molar-refractivity contribution >= 4 is 0 Å². The second kappa shape index (κ2) is 2.44. The van der Waals surface area contributed by atoms with Gasteiger partial charge in [0.05, 0.1) is 0 Å². The Balaban J connectivity index is 2.19. The Kier molecular flexibility index (Phi) is 1.83. The van der Waals surface area contributed by atoms with Gasteiger partial charge in [-0.1, -0.05) is 0 Å². The molecule has 1 aliphatic heterocycles. The molecule has 1 rings (SSSR count). The highest BCUT2D eigenvalue weighted by molar-refractivity contribution is 4.72. The molecule has 3 heteroatoms. The second-order valence-corrected chi connectivity index (χ2v) is 2.26. The van der Waals surface area contributed by atoms with Crippen LogP contribution in [0.3, 0.4) is 0 Å². The van der Waals surface area contributed by atoms with Crippen molar-refractivity contribution < 1.29 is 5.11 Å². The van der Waals surface area contributed by atoms with Crippen molar-refractivity contribution in [1.82, 2.24) is 5.32 Å². The molecule has 0 saturated carbocycles. The van der Waals surface area contributed by atoms with E-state index in [0.717, 1.165) is 19.4 Å². The van der Waals surface area contributed by atoms with E-state index in [1.165, 1.54) is 0 Å². The fraction of sp³-hybridized carbons (Fsp3) is 1.00. The molecule has 1 heterocycles. The van der Waals surface area contributed by atoms with Gasteiger partial charge in [0.15, 0.2) is 0 Å². The predicted octanol–water partition coefficient (Wildman–Crippen LogP) is -0.985. The first-order valence-electron chi connectivity index (χ1n) is 2.96. The molecular formula is C5H12N2O. The number of piperidine rings is 1. The van der Waals surface area contributed by atoms with E-state index >= 15 is 0 Å². The van der Waals surface area contributed by atoms with Gasteiger partial charge in [-0.25, -0.2) is 0 Å². The lowest BCUT2D eigenvalue weighted by Crippen LogP contribution is -2.45. The van der Waals surface area contributed by atoms with Crippen LogP contribution >= 0.6 is 0 Å². The Hall–Kier alpha value is -0.120. The highest BCUT2D eigenvalue weighted by Crippen LogP contribution is 2.02. The zero-order valence-corrected chi connectivity index (χ0v) is 4.80. The Morgan fingerprint density at radius 3 is 2.62 bits per heavy atom. The number of rotatable bonds is 0. The smallest absolute Gasteiger partial charge is 0.105 e. The monoisotopic (exact) mass is 116 g/mol. The van der Waals surface area contributed by atoms with E-state index in [0.29, 0.717) is 0 Å². The molecule has 1 fully saturated rings. The summed E-state index contributed by atoms with van der Waals surface area (Å²) in [4.78, 5) is 0. The zero-order valence-electron chi connectivity index (χ0n) is 4.80. The number of nitrogens with one attached hydrogen (secondary N) is 1. The van der Waals surface area contributed by atoms with Gasteiger partial charge >= 0.3 is 0 Å². The fourth-order valence-electron chi connectivity index (χ4n) is 0.863. The lowest BCUT2D eigenvalue weighted by atomic mass is 10.1. The zero-order chi connectivity index (χ0) is 5.98. The SMILES string of the molecule is NC1CCC(O)NC1. The van der Waals surface area contributed by atoms with E-state index in [2.05, 4.69) is 5.32 Å². The van der Waals surface area contributed by atoms with Gasteiger partial charge in [0.1, 0.15) is 6.23 Å². The third-order valence-electron chi connectivity index (χ3n) is 1.43. The molecule has 1 saturated heterocycles. The largest absolute Gasteiger partial charge is 0.379 e. The first kappa shape index (κ1) is 6.01. The Labute approximate surface area is 48.9 Å². The van der Waals surface area contributed by atoms with Gasteiger partial charge in [-0.2, -0.15) is 0 Å². The minimum Gasteiger partial charge on any atom is -0.379 e. The second-order valence-electron chi connectivity index (χ2n) is 2.26. The molecule has 3 nitrogen and oxygen atoms in total. The van der Waals surface area contributed by atoms with Gasteiger partial charge in [-0.15, -0.1) is 0 Å². The van der Waals surface area contributed by atoms with Gasteiger partial charge in [-0.05, 0) is 12.8 Å². The summed E-state index contributed by atoms with van der Waals surface area (Å²) in [5.74, 6) is 0.